The van der Waals surface area contributed by atoms with E-state index in [0.717, 1.165) is 30.7 Å². The van der Waals surface area contributed by atoms with E-state index < -0.39 is 0 Å². The minimum atomic E-state index is 0.108. The molecular formula is C16H23NO2. The lowest BCUT2D eigenvalue weighted by Crippen LogP contribution is -2.48. The lowest BCUT2D eigenvalue weighted by atomic mass is 9.79. The quantitative estimate of drug-likeness (QED) is 0.778. The summed E-state index contributed by atoms with van der Waals surface area (Å²) in [6, 6.07) is 3.84. The van der Waals surface area contributed by atoms with E-state index in [0.29, 0.717) is 11.5 Å². The molecule has 1 aliphatic rings. The number of hydrogen-bond donors (Lipinski definition) is 0. The van der Waals surface area contributed by atoms with Gasteiger partial charge >= 0.3 is 0 Å². The fourth-order valence-electron chi connectivity index (χ4n) is 3.40. The van der Waals surface area contributed by atoms with Gasteiger partial charge in [-0.2, -0.15) is 0 Å². The third-order valence-corrected chi connectivity index (χ3v) is 4.14. The van der Waals surface area contributed by atoms with Crippen LogP contribution in [0.3, 0.4) is 0 Å². The maximum Gasteiger partial charge on any atom is 0.150 e. The van der Waals surface area contributed by atoms with E-state index in [1.807, 2.05) is 12.1 Å². The zero-order chi connectivity index (χ0) is 14.2. The summed E-state index contributed by atoms with van der Waals surface area (Å²) in [5, 5.41) is 0. The van der Waals surface area contributed by atoms with E-state index in [-0.39, 0.29) is 5.54 Å². The summed E-state index contributed by atoms with van der Waals surface area (Å²) in [5.41, 5.74) is 3.18. The van der Waals surface area contributed by atoms with Crippen LogP contribution in [0.25, 0.3) is 0 Å². The van der Waals surface area contributed by atoms with E-state index in [9.17, 15) is 4.79 Å². The number of rotatable bonds is 3. The van der Waals surface area contributed by atoms with Crippen molar-refractivity contribution in [1.82, 2.24) is 0 Å². The van der Waals surface area contributed by atoms with Crippen LogP contribution in [0.15, 0.2) is 12.1 Å². The van der Waals surface area contributed by atoms with Crippen LogP contribution in [-0.4, -0.2) is 25.5 Å². The largest absolute Gasteiger partial charge is 0.495 e. The molecule has 0 fully saturated rings. The Hall–Kier alpha value is -1.51. The van der Waals surface area contributed by atoms with Crippen molar-refractivity contribution in [2.45, 2.75) is 45.6 Å². The lowest BCUT2D eigenvalue weighted by molar-refractivity contribution is 0.112. The number of hydrogen-bond acceptors (Lipinski definition) is 3. The summed E-state index contributed by atoms with van der Waals surface area (Å²) in [6.45, 7) is 9.85. The van der Waals surface area contributed by atoms with E-state index in [4.69, 9.17) is 4.74 Å². The second kappa shape index (κ2) is 4.87. The molecule has 104 valence electrons. The molecule has 0 saturated heterocycles. The first-order valence-electron chi connectivity index (χ1n) is 6.89. The Morgan fingerprint density at radius 1 is 1.47 bits per heavy atom. The molecule has 1 aromatic rings. The highest BCUT2D eigenvalue weighted by molar-refractivity contribution is 5.81. The molecule has 1 aliphatic heterocycles. The molecule has 0 amide bonds. The maximum atomic E-state index is 11.1. The Morgan fingerprint density at radius 2 is 2.16 bits per heavy atom. The smallest absolute Gasteiger partial charge is 0.150 e. The Kier molecular flexibility index (Phi) is 3.57. The van der Waals surface area contributed by atoms with Gasteiger partial charge in [0.15, 0.2) is 0 Å². The van der Waals surface area contributed by atoms with Crippen LogP contribution in [-0.2, 0) is 0 Å². The topological polar surface area (TPSA) is 29.5 Å². The van der Waals surface area contributed by atoms with Crippen molar-refractivity contribution >= 4 is 12.0 Å². The third-order valence-electron chi connectivity index (χ3n) is 4.14. The molecule has 0 aromatic heterocycles. The Bertz CT molecular complexity index is 494. The number of nitrogens with zero attached hydrogens (tertiary/aromatic N) is 1. The predicted molar refractivity (Wildman–Crippen MR) is 78.5 cm³/mol. The molecule has 0 aliphatic carbocycles. The van der Waals surface area contributed by atoms with Gasteiger partial charge < -0.3 is 9.64 Å². The van der Waals surface area contributed by atoms with Gasteiger partial charge in [0.05, 0.1) is 12.8 Å². The first-order valence-corrected chi connectivity index (χ1v) is 6.89. The van der Waals surface area contributed by atoms with Gasteiger partial charge in [0.1, 0.15) is 12.0 Å². The first kappa shape index (κ1) is 13.9. The number of aldehydes is 1. The average molecular weight is 261 g/mol. The monoisotopic (exact) mass is 261 g/mol. The molecule has 0 radical (unpaired) electrons. The van der Waals surface area contributed by atoms with Gasteiger partial charge in [-0.05, 0) is 50.8 Å². The number of ether oxygens (including phenoxy) is 1. The van der Waals surface area contributed by atoms with Gasteiger partial charge in [-0.1, -0.05) is 6.92 Å². The van der Waals surface area contributed by atoms with Crippen LogP contribution in [0.4, 0.5) is 5.69 Å². The lowest BCUT2D eigenvalue weighted by Gasteiger charge is -2.47. The number of fused-ring (bicyclic) bond motifs is 1. The van der Waals surface area contributed by atoms with Crippen molar-refractivity contribution in [2.75, 3.05) is 18.6 Å². The highest BCUT2D eigenvalue weighted by Gasteiger charge is 2.37. The van der Waals surface area contributed by atoms with Crippen LogP contribution in [0.2, 0.25) is 0 Å². The molecule has 0 unspecified atom stereocenters. The van der Waals surface area contributed by atoms with Crippen molar-refractivity contribution < 1.29 is 9.53 Å². The Morgan fingerprint density at radius 3 is 2.68 bits per heavy atom. The summed E-state index contributed by atoms with van der Waals surface area (Å²) in [6.07, 6.45) is 1.98. The van der Waals surface area contributed by atoms with E-state index in [1.54, 1.807) is 7.11 Å². The summed E-state index contributed by atoms with van der Waals surface area (Å²) < 4.78 is 5.53. The standard InChI is InChI=1S/C16H23NO2/c1-6-17-15-13(11(2)9-16(17,3)4)7-12(10-18)8-14(15)19-5/h7-8,10-11H,6,9H2,1-5H3/t11-/m0/s1. The Balaban J connectivity index is 2.69. The molecule has 2 rings (SSSR count). The van der Waals surface area contributed by atoms with Gasteiger partial charge in [0.25, 0.3) is 0 Å². The molecule has 3 nitrogen and oxygen atoms in total. The van der Waals surface area contributed by atoms with Crippen LogP contribution >= 0.6 is 0 Å². The Labute approximate surface area is 115 Å². The summed E-state index contributed by atoms with van der Waals surface area (Å²) in [4.78, 5) is 13.5. The van der Waals surface area contributed by atoms with Gasteiger partial charge in [-0.3, -0.25) is 4.79 Å². The second-order valence-corrected chi connectivity index (χ2v) is 5.94. The number of carbonyl (C=O) groups excluding carboxylic acids is 1. The molecule has 1 aromatic carbocycles. The number of anilines is 1. The summed E-state index contributed by atoms with van der Waals surface area (Å²) >= 11 is 0. The number of methoxy groups -OCH3 is 1. The minimum absolute atomic E-state index is 0.108. The average Bonchev–Trinajstić information content (AvgIpc) is 2.37. The van der Waals surface area contributed by atoms with Gasteiger partial charge in [-0.25, -0.2) is 0 Å². The fourth-order valence-corrected chi connectivity index (χ4v) is 3.40. The summed E-state index contributed by atoms with van der Waals surface area (Å²) in [5.74, 6) is 1.24. The van der Waals surface area contributed by atoms with Gasteiger partial charge in [0, 0.05) is 17.6 Å². The van der Waals surface area contributed by atoms with E-state index >= 15 is 0 Å². The molecule has 0 N–H and O–H groups in total. The van der Waals surface area contributed by atoms with Crippen molar-refractivity contribution in [3.05, 3.63) is 23.3 Å². The van der Waals surface area contributed by atoms with Crippen LogP contribution in [0.1, 0.15) is 56.0 Å². The minimum Gasteiger partial charge on any atom is -0.495 e. The van der Waals surface area contributed by atoms with Crippen LogP contribution < -0.4 is 9.64 Å². The molecular weight excluding hydrogens is 238 g/mol. The summed E-state index contributed by atoms with van der Waals surface area (Å²) in [7, 11) is 1.67. The van der Waals surface area contributed by atoms with E-state index in [1.165, 1.54) is 5.56 Å². The third kappa shape index (κ3) is 2.22. The highest BCUT2D eigenvalue weighted by atomic mass is 16.5. The molecule has 0 saturated carbocycles. The van der Waals surface area contributed by atoms with Crippen molar-refractivity contribution in [1.29, 1.82) is 0 Å². The second-order valence-electron chi connectivity index (χ2n) is 5.94. The van der Waals surface area contributed by atoms with Crippen molar-refractivity contribution in [2.24, 2.45) is 0 Å². The van der Waals surface area contributed by atoms with E-state index in [2.05, 4.69) is 32.6 Å². The number of benzene rings is 1. The van der Waals surface area contributed by atoms with Crippen molar-refractivity contribution in [3.8, 4) is 5.75 Å². The molecule has 0 bridgehead atoms. The normalized spacial score (nSPS) is 20.9. The first-order chi connectivity index (χ1) is 8.94. The molecule has 1 atom stereocenters. The van der Waals surface area contributed by atoms with Crippen LogP contribution in [0.5, 0.6) is 5.75 Å². The zero-order valence-electron chi connectivity index (χ0n) is 12.5. The predicted octanol–water partition coefficient (Wildman–Crippen LogP) is 3.62. The molecule has 1 heterocycles. The molecule has 0 spiro atoms. The molecule has 19 heavy (non-hydrogen) atoms. The van der Waals surface area contributed by atoms with Crippen molar-refractivity contribution in [3.63, 3.8) is 0 Å². The number of carbonyl (C=O) groups is 1. The zero-order valence-corrected chi connectivity index (χ0v) is 12.5. The molecule has 3 heteroatoms. The SMILES string of the molecule is CCN1c2c(OC)cc(C=O)cc2[C@@H](C)CC1(C)C. The van der Waals surface area contributed by atoms with Gasteiger partial charge in [0.2, 0.25) is 0 Å². The fraction of sp³-hybridized carbons (Fsp3) is 0.562. The highest BCUT2D eigenvalue weighted by Crippen LogP contribution is 2.47. The van der Waals surface area contributed by atoms with Crippen LogP contribution in [0, 0.1) is 0 Å². The maximum absolute atomic E-state index is 11.1. The van der Waals surface area contributed by atoms with Gasteiger partial charge in [-0.15, -0.1) is 0 Å².